The molecule has 0 unspecified atom stereocenters. The Balaban J connectivity index is 3.37. The predicted molar refractivity (Wildman–Crippen MR) is 51.5 cm³/mol. The Morgan fingerprint density at radius 1 is 1.38 bits per heavy atom. The minimum Gasteiger partial charge on any atom is -0.245 e. The lowest BCUT2D eigenvalue weighted by Gasteiger charge is -2.12. The monoisotopic (exact) mass is 323 g/mol. The highest BCUT2D eigenvalue weighted by Crippen LogP contribution is 2.36. The van der Waals surface area contributed by atoms with E-state index in [2.05, 4.69) is 20.9 Å². The molecule has 16 heavy (non-hydrogen) atoms. The average molecular weight is 324 g/mol. The van der Waals surface area contributed by atoms with E-state index in [-0.39, 0.29) is 0 Å². The van der Waals surface area contributed by atoms with Gasteiger partial charge in [-0.15, -0.1) is 11.6 Å². The lowest BCUT2D eigenvalue weighted by molar-refractivity contribution is -0.142. The molecular formula is C8H4BrClF5N. The van der Waals surface area contributed by atoms with Crippen molar-refractivity contribution in [3.8, 4) is 0 Å². The molecule has 1 rings (SSSR count). The van der Waals surface area contributed by atoms with Gasteiger partial charge in [0.25, 0.3) is 6.43 Å². The van der Waals surface area contributed by atoms with Crippen LogP contribution in [0, 0.1) is 0 Å². The summed E-state index contributed by atoms with van der Waals surface area (Å²) in [5, 5.41) is 0. The van der Waals surface area contributed by atoms with Crippen molar-refractivity contribution in [2.24, 2.45) is 0 Å². The first kappa shape index (κ1) is 13.6. The fourth-order valence-electron chi connectivity index (χ4n) is 1.04. The molecule has 8 heteroatoms. The van der Waals surface area contributed by atoms with E-state index >= 15 is 0 Å². The van der Waals surface area contributed by atoms with E-state index in [0.29, 0.717) is 6.07 Å². The Kier molecular flexibility index (Phi) is 4.12. The molecule has 0 atom stereocenters. The molecule has 0 saturated heterocycles. The molecule has 1 heterocycles. The van der Waals surface area contributed by atoms with Crippen LogP contribution < -0.4 is 0 Å². The number of alkyl halides is 6. The zero-order valence-corrected chi connectivity index (χ0v) is 9.80. The highest BCUT2D eigenvalue weighted by atomic mass is 79.9. The van der Waals surface area contributed by atoms with Crippen LogP contribution in [0.25, 0.3) is 0 Å². The molecule has 0 aromatic carbocycles. The second-order valence-corrected chi connectivity index (χ2v) is 3.91. The number of aromatic nitrogens is 1. The molecule has 90 valence electrons. The van der Waals surface area contributed by atoms with Gasteiger partial charge in [-0.25, -0.2) is 13.8 Å². The van der Waals surface area contributed by atoms with Crippen LogP contribution in [-0.2, 0) is 12.1 Å². The first-order valence-corrected chi connectivity index (χ1v) is 5.20. The molecule has 0 aliphatic rings. The van der Waals surface area contributed by atoms with Crippen LogP contribution in [0.2, 0.25) is 0 Å². The number of hydrogen-bond acceptors (Lipinski definition) is 1. The summed E-state index contributed by atoms with van der Waals surface area (Å²) in [5.74, 6) is -0.504. The van der Waals surface area contributed by atoms with Crippen molar-refractivity contribution in [2.75, 3.05) is 0 Å². The standard InChI is InChI=1S/C8H4BrClF5N/c9-4-1-3(7(11)12)5(2-10)16-6(4)8(13,14)15/h1,7H,2H2. The highest BCUT2D eigenvalue weighted by molar-refractivity contribution is 9.10. The van der Waals surface area contributed by atoms with Crippen LogP contribution >= 0.6 is 27.5 Å². The highest BCUT2D eigenvalue weighted by Gasteiger charge is 2.36. The maximum Gasteiger partial charge on any atom is 0.434 e. The summed E-state index contributed by atoms with van der Waals surface area (Å²) in [6, 6.07) is 0.693. The summed E-state index contributed by atoms with van der Waals surface area (Å²) >= 11 is 7.83. The molecule has 1 aromatic rings. The van der Waals surface area contributed by atoms with Gasteiger partial charge in [0.2, 0.25) is 0 Å². The normalized spacial score (nSPS) is 12.2. The molecular weight excluding hydrogens is 320 g/mol. The number of hydrogen-bond donors (Lipinski definition) is 0. The maximum atomic E-state index is 12.4. The molecule has 1 nitrogen and oxygen atoms in total. The van der Waals surface area contributed by atoms with Crippen molar-refractivity contribution >= 4 is 27.5 Å². The molecule has 0 aliphatic carbocycles. The van der Waals surface area contributed by atoms with Gasteiger partial charge in [-0.1, -0.05) is 0 Å². The van der Waals surface area contributed by atoms with Crippen molar-refractivity contribution in [2.45, 2.75) is 18.5 Å². The third-order valence-electron chi connectivity index (χ3n) is 1.72. The van der Waals surface area contributed by atoms with E-state index in [0.717, 1.165) is 0 Å². The van der Waals surface area contributed by atoms with E-state index in [1.54, 1.807) is 0 Å². The minimum absolute atomic E-state index is 0.466. The van der Waals surface area contributed by atoms with Crippen LogP contribution in [0.15, 0.2) is 10.5 Å². The zero-order valence-electron chi connectivity index (χ0n) is 7.45. The van der Waals surface area contributed by atoms with Crippen LogP contribution in [0.4, 0.5) is 22.0 Å². The van der Waals surface area contributed by atoms with E-state index in [1.165, 1.54) is 0 Å². The first-order valence-electron chi connectivity index (χ1n) is 3.88. The molecule has 0 radical (unpaired) electrons. The number of nitrogens with zero attached hydrogens (tertiary/aromatic N) is 1. The summed E-state index contributed by atoms with van der Waals surface area (Å²) in [6.45, 7) is 0. The lowest BCUT2D eigenvalue weighted by atomic mass is 10.2. The van der Waals surface area contributed by atoms with Gasteiger partial charge in [-0.2, -0.15) is 13.2 Å². The summed E-state index contributed by atoms with van der Waals surface area (Å²) < 4.78 is 61.4. The van der Waals surface area contributed by atoms with Gasteiger partial charge in [-0.05, 0) is 22.0 Å². The van der Waals surface area contributed by atoms with Crippen molar-refractivity contribution in [3.63, 3.8) is 0 Å². The van der Waals surface area contributed by atoms with Crippen LogP contribution in [0.5, 0.6) is 0 Å². The summed E-state index contributed by atoms with van der Waals surface area (Å²) in [7, 11) is 0. The van der Waals surface area contributed by atoms with Gasteiger partial charge in [0.05, 0.1) is 11.6 Å². The second-order valence-electron chi connectivity index (χ2n) is 2.79. The van der Waals surface area contributed by atoms with Crippen LogP contribution in [0.1, 0.15) is 23.4 Å². The van der Waals surface area contributed by atoms with E-state index in [9.17, 15) is 22.0 Å². The Morgan fingerprint density at radius 3 is 2.31 bits per heavy atom. The zero-order chi connectivity index (χ0) is 12.5. The maximum absolute atomic E-state index is 12.4. The Morgan fingerprint density at radius 2 is 1.94 bits per heavy atom. The number of rotatable bonds is 2. The second kappa shape index (κ2) is 4.83. The third-order valence-corrected chi connectivity index (χ3v) is 2.58. The predicted octanol–water partition coefficient (Wildman–Crippen LogP) is 4.54. The molecule has 0 N–H and O–H groups in total. The van der Waals surface area contributed by atoms with E-state index in [4.69, 9.17) is 11.6 Å². The number of pyridine rings is 1. The van der Waals surface area contributed by atoms with Crippen molar-refractivity contribution in [1.29, 1.82) is 0 Å². The Bertz CT molecular complexity index is 393. The summed E-state index contributed by atoms with van der Waals surface area (Å²) in [6.07, 6.45) is -7.62. The van der Waals surface area contributed by atoms with Crippen molar-refractivity contribution < 1.29 is 22.0 Å². The average Bonchev–Trinajstić information content (AvgIpc) is 2.15. The van der Waals surface area contributed by atoms with E-state index < -0.39 is 39.9 Å². The van der Waals surface area contributed by atoms with Crippen molar-refractivity contribution in [1.82, 2.24) is 4.98 Å². The smallest absolute Gasteiger partial charge is 0.245 e. The quantitative estimate of drug-likeness (QED) is 0.575. The SMILES string of the molecule is FC(F)c1cc(Br)c(C(F)(F)F)nc1CCl. The third kappa shape index (κ3) is 2.82. The molecule has 0 bridgehead atoms. The van der Waals surface area contributed by atoms with Gasteiger partial charge in [-0.3, -0.25) is 0 Å². The summed E-state index contributed by atoms with van der Waals surface area (Å²) in [4.78, 5) is 3.10. The fourth-order valence-corrected chi connectivity index (χ4v) is 1.81. The van der Waals surface area contributed by atoms with Gasteiger partial charge in [0.1, 0.15) is 0 Å². The molecule has 0 amide bonds. The first-order chi connectivity index (χ1) is 7.27. The lowest BCUT2D eigenvalue weighted by Crippen LogP contribution is -2.12. The molecule has 0 spiro atoms. The number of halogens is 7. The Hall–Kier alpha value is -0.430. The largest absolute Gasteiger partial charge is 0.434 e. The van der Waals surface area contributed by atoms with Crippen molar-refractivity contribution in [3.05, 3.63) is 27.5 Å². The minimum atomic E-state index is -4.71. The van der Waals surface area contributed by atoms with E-state index in [1.807, 2.05) is 0 Å². The topological polar surface area (TPSA) is 12.9 Å². The Labute approximate surface area is 101 Å². The molecule has 1 aromatic heterocycles. The van der Waals surface area contributed by atoms with Gasteiger partial charge < -0.3 is 0 Å². The van der Waals surface area contributed by atoms with Crippen LogP contribution in [0.3, 0.4) is 0 Å². The van der Waals surface area contributed by atoms with Gasteiger partial charge in [0.15, 0.2) is 5.69 Å². The molecule has 0 aliphatic heterocycles. The molecule has 0 fully saturated rings. The van der Waals surface area contributed by atoms with Gasteiger partial charge in [0, 0.05) is 10.0 Å². The fraction of sp³-hybridized carbons (Fsp3) is 0.375. The van der Waals surface area contributed by atoms with Crippen LogP contribution in [-0.4, -0.2) is 4.98 Å². The summed E-state index contributed by atoms with van der Waals surface area (Å²) in [5.41, 5.74) is -2.32. The molecule has 0 saturated carbocycles. The van der Waals surface area contributed by atoms with Gasteiger partial charge >= 0.3 is 6.18 Å².